The Morgan fingerprint density at radius 1 is 1.22 bits per heavy atom. The normalized spacial score (nSPS) is 12.7. The largest absolute Gasteiger partial charge is 0.448 e. The van der Waals surface area contributed by atoms with E-state index in [0.717, 1.165) is 11.8 Å². The molecule has 2 atom stereocenters. The van der Waals surface area contributed by atoms with Crippen LogP contribution in [0.2, 0.25) is 0 Å². The quantitative estimate of drug-likeness (QED) is 0.353. The van der Waals surface area contributed by atoms with Crippen molar-refractivity contribution in [2.75, 3.05) is 5.75 Å². The zero-order valence-electron chi connectivity index (χ0n) is 11.5. The fraction of sp³-hybridized carbons (Fsp3) is 0.231. The summed E-state index contributed by atoms with van der Waals surface area (Å²) in [6, 6.07) is 6.96. The van der Waals surface area contributed by atoms with E-state index in [9.17, 15) is 18.0 Å². The van der Waals surface area contributed by atoms with Crippen LogP contribution in [0.4, 0.5) is 13.2 Å². The van der Waals surface area contributed by atoms with Crippen LogP contribution in [-0.4, -0.2) is 38.7 Å². The van der Waals surface area contributed by atoms with Gasteiger partial charge in [0.25, 0.3) is 0 Å². The monoisotopic (exact) mass is 361 g/mol. The van der Waals surface area contributed by atoms with Crippen LogP contribution >= 0.6 is 21.0 Å². The number of halogens is 3. The van der Waals surface area contributed by atoms with Gasteiger partial charge < -0.3 is 4.74 Å². The Balaban J connectivity index is 1.95. The third-order valence-corrected chi connectivity index (χ3v) is 3.81. The molecule has 0 spiro atoms. The number of alkyl halides is 3. The molecule has 5 nitrogen and oxygen atoms in total. The van der Waals surface area contributed by atoms with Crippen molar-refractivity contribution in [3.63, 3.8) is 0 Å². The van der Waals surface area contributed by atoms with Crippen LogP contribution in [-0.2, 0) is 9.53 Å². The number of nitrogens with zero attached hydrogens (tertiary/aromatic N) is 3. The molecule has 2 rings (SSSR count). The van der Waals surface area contributed by atoms with Crippen LogP contribution in [0.5, 0.6) is 0 Å². The minimum absolute atomic E-state index is 0.248. The minimum atomic E-state index is -4.61. The number of rotatable bonds is 5. The molecule has 2 heterocycles. The zero-order valence-corrected chi connectivity index (χ0v) is 13.5. The Morgan fingerprint density at radius 2 is 2.00 bits per heavy atom. The van der Waals surface area contributed by atoms with E-state index in [1.165, 1.54) is 15.4 Å². The number of hydrogen-bond acceptors (Lipinski definition) is 6. The van der Waals surface area contributed by atoms with Crippen LogP contribution in [0.3, 0.4) is 0 Å². The highest BCUT2D eigenvalue weighted by molar-refractivity contribution is 7.99. The molecule has 0 radical (unpaired) electrons. The highest BCUT2D eigenvalue weighted by Gasteiger charge is 2.39. The molecular formula is C13H11F3N3O2PS. The predicted molar refractivity (Wildman–Crippen MR) is 81.6 cm³/mol. The summed E-state index contributed by atoms with van der Waals surface area (Å²) in [5, 5.41) is 0.248. The molecule has 122 valence electrons. The Bertz CT molecular complexity index is 673. The summed E-state index contributed by atoms with van der Waals surface area (Å²) in [4.78, 5) is 23.7. The maximum absolute atomic E-state index is 12.3. The van der Waals surface area contributed by atoms with Crippen LogP contribution in [0.25, 0.3) is 11.4 Å². The first-order chi connectivity index (χ1) is 10.9. The summed E-state index contributed by atoms with van der Waals surface area (Å²) in [5.41, 5.74) is 1.18. The summed E-state index contributed by atoms with van der Waals surface area (Å²) in [7, 11) is 1.43. The third kappa shape index (κ3) is 5.44. The van der Waals surface area contributed by atoms with E-state index in [1.807, 2.05) is 0 Å². The van der Waals surface area contributed by atoms with Gasteiger partial charge in [-0.15, -0.1) is 0 Å². The lowest BCUT2D eigenvalue weighted by molar-refractivity contribution is -0.195. The van der Waals surface area contributed by atoms with Gasteiger partial charge in [0.1, 0.15) is 0 Å². The molecule has 0 amide bonds. The van der Waals surface area contributed by atoms with Crippen molar-refractivity contribution in [1.29, 1.82) is 0 Å². The number of carbonyl (C=O) groups excluding carboxylic acids is 1. The van der Waals surface area contributed by atoms with Gasteiger partial charge in [-0.3, -0.25) is 9.78 Å². The highest BCUT2D eigenvalue weighted by Crippen LogP contribution is 2.28. The van der Waals surface area contributed by atoms with Gasteiger partial charge in [0.15, 0.2) is 5.16 Å². The van der Waals surface area contributed by atoms with Crippen molar-refractivity contribution < 1.29 is 22.7 Å². The first-order valence-corrected chi connectivity index (χ1v) is 7.90. The fourth-order valence-electron chi connectivity index (χ4n) is 1.43. The van der Waals surface area contributed by atoms with Crippen LogP contribution in [0, 0.1) is 0 Å². The summed E-state index contributed by atoms with van der Waals surface area (Å²) in [6.07, 6.45) is -1.52. The fourth-order valence-corrected chi connectivity index (χ4v) is 2.20. The van der Waals surface area contributed by atoms with Gasteiger partial charge in [0, 0.05) is 12.4 Å². The molecule has 0 saturated heterocycles. The maximum atomic E-state index is 12.3. The van der Waals surface area contributed by atoms with E-state index >= 15 is 0 Å². The van der Waals surface area contributed by atoms with Gasteiger partial charge >= 0.3 is 12.1 Å². The molecule has 0 bridgehead atoms. The summed E-state index contributed by atoms with van der Waals surface area (Å²) < 4.78 is 41.1. The van der Waals surface area contributed by atoms with Crippen molar-refractivity contribution in [1.82, 2.24) is 15.0 Å². The van der Waals surface area contributed by atoms with Crippen molar-refractivity contribution in [3.8, 4) is 11.4 Å². The topological polar surface area (TPSA) is 65.0 Å². The molecule has 23 heavy (non-hydrogen) atoms. The van der Waals surface area contributed by atoms with Gasteiger partial charge in [-0.1, -0.05) is 27.1 Å². The number of pyridine rings is 1. The van der Waals surface area contributed by atoms with Crippen molar-refractivity contribution in [2.24, 2.45) is 0 Å². The van der Waals surface area contributed by atoms with Gasteiger partial charge in [0.2, 0.25) is 5.85 Å². The molecule has 2 aromatic heterocycles. The van der Waals surface area contributed by atoms with E-state index in [2.05, 4.69) is 19.7 Å². The lowest BCUT2D eigenvalue weighted by atomic mass is 10.3. The van der Waals surface area contributed by atoms with E-state index in [-0.39, 0.29) is 10.9 Å². The molecule has 0 N–H and O–H groups in total. The Labute approximate surface area is 136 Å². The van der Waals surface area contributed by atoms with Crippen LogP contribution < -0.4 is 0 Å². The molecule has 0 aliphatic heterocycles. The number of aromatic nitrogens is 3. The highest BCUT2D eigenvalue weighted by atomic mass is 32.2. The summed E-state index contributed by atoms with van der Waals surface area (Å²) in [5.74, 6) is -3.55. The molecular weight excluding hydrogens is 350 g/mol. The zero-order chi connectivity index (χ0) is 16.9. The van der Waals surface area contributed by atoms with E-state index < -0.39 is 18.0 Å². The van der Waals surface area contributed by atoms with Gasteiger partial charge in [-0.05, 0) is 18.2 Å². The van der Waals surface area contributed by atoms with Crippen LogP contribution in [0.1, 0.15) is 0 Å². The second-order valence-electron chi connectivity index (χ2n) is 4.18. The third-order valence-electron chi connectivity index (χ3n) is 2.46. The lowest BCUT2D eigenvalue weighted by Crippen LogP contribution is -2.28. The second kappa shape index (κ2) is 7.70. The molecule has 0 aliphatic carbocycles. The number of carbonyl (C=O) groups is 1. The predicted octanol–water partition coefficient (Wildman–Crippen LogP) is 2.94. The van der Waals surface area contributed by atoms with Gasteiger partial charge in [-0.25, -0.2) is 9.97 Å². The Kier molecular flexibility index (Phi) is 5.90. The van der Waals surface area contributed by atoms with E-state index in [0.29, 0.717) is 11.4 Å². The average Bonchev–Trinajstić information content (AvgIpc) is 2.53. The Hall–Kier alpha value is -1.73. The van der Waals surface area contributed by atoms with Gasteiger partial charge in [-0.2, -0.15) is 13.2 Å². The number of esters is 1. The summed E-state index contributed by atoms with van der Waals surface area (Å²) >= 11 is 0.889. The van der Waals surface area contributed by atoms with Crippen molar-refractivity contribution in [2.45, 2.75) is 17.2 Å². The van der Waals surface area contributed by atoms with Crippen molar-refractivity contribution in [3.05, 3.63) is 36.7 Å². The van der Waals surface area contributed by atoms with Crippen LogP contribution in [0.15, 0.2) is 41.8 Å². The smallest absolute Gasteiger partial charge is 0.428 e. The maximum Gasteiger partial charge on any atom is 0.428 e. The molecule has 10 heteroatoms. The standard InChI is InChI=1S/C13H11F3N3O2PS/c14-13(15,16)11(22)21-10(20)7-23-12-18-6-4-9(19-12)8-3-1-2-5-17-8/h1-6,11H,7,22H2. The van der Waals surface area contributed by atoms with E-state index in [1.54, 1.807) is 30.5 Å². The average molecular weight is 361 g/mol. The van der Waals surface area contributed by atoms with E-state index in [4.69, 9.17) is 0 Å². The molecule has 0 aromatic carbocycles. The Morgan fingerprint density at radius 3 is 2.65 bits per heavy atom. The molecule has 0 fully saturated rings. The number of thioether (sulfide) groups is 1. The number of ether oxygens (including phenoxy) is 1. The minimum Gasteiger partial charge on any atom is -0.448 e. The second-order valence-corrected chi connectivity index (χ2v) is 5.73. The lowest BCUT2D eigenvalue weighted by Gasteiger charge is -2.15. The number of hydrogen-bond donors (Lipinski definition) is 0. The summed E-state index contributed by atoms with van der Waals surface area (Å²) in [6.45, 7) is 0. The first-order valence-electron chi connectivity index (χ1n) is 6.25. The van der Waals surface area contributed by atoms with Crippen molar-refractivity contribution >= 4 is 27.0 Å². The molecule has 2 unspecified atom stereocenters. The molecule has 0 saturated carbocycles. The first kappa shape index (κ1) is 17.6. The molecule has 0 aliphatic rings. The van der Waals surface area contributed by atoms with Gasteiger partial charge in [0.05, 0.1) is 17.1 Å². The molecule has 2 aromatic rings. The SMILES string of the molecule is O=C(CSc1nccc(-c2ccccn2)n1)OC(P)C(F)(F)F.